The molecule has 2 aromatic rings. The molecule has 3 rings (SSSR count). The van der Waals surface area contributed by atoms with Crippen LogP contribution in [0, 0.1) is 13.8 Å². The SMILES string of the molecule is CC(=O)Nc1ccc(S(=O)(=O)N2CCC(Oc3cc(C)n(C)c(=O)c3)CC2)c(C)c1. The molecule has 0 saturated carbocycles. The lowest BCUT2D eigenvalue weighted by Gasteiger charge is -2.32. The summed E-state index contributed by atoms with van der Waals surface area (Å²) in [5.41, 5.74) is 1.81. The van der Waals surface area contributed by atoms with Crippen molar-refractivity contribution in [1.82, 2.24) is 8.87 Å². The van der Waals surface area contributed by atoms with E-state index < -0.39 is 10.0 Å². The van der Waals surface area contributed by atoms with Gasteiger partial charge in [0, 0.05) is 44.5 Å². The molecule has 0 unspecified atom stereocenters. The number of pyridine rings is 1. The van der Waals surface area contributed by atoms with Gasteiger partial charge in [-0.15, -0.1) is 0 Å². The van der Waals surface area contributed by atoms with E-state index >= 15 is 0 Å². The van der Waals surface area contributed by atoms with Crippen molar-refractivity contribution in [3.8, 4) is 5.75 Å². The summed E-state index contributed by atoms with van der Waals surface area (Å²) in [7, 11) is -1.94. The lowest BCUT2D eigenvalue weighted by atomic mass is 10.1. The molecule has 1 amide bonds. The summed E-state index contributed by atoms with van der Waals surface area (Å²) in [5.74, 6) is 0.305. The third kappa shape index (κ3) is 4.73. The highest BCUT2D eigenvalue weighted by atomic mass is 32.2. The van der Waals surface area contributed by atoms with Gasteiger partial charge in [0.2, 0.25) is 15.9 Å². The van der Waals surface area contributed by atoms with Crippen LogP contribution in [0.25, 0.3) is 0 Å². The topological polar surface area (TPSA) is 97.7 Å². The van der Waals surface area contributed by atoms with Gasteiger partial charge in [0.05, 0.1) is 4.90 Å². The standard InChI is InChI=1S/C21H27N3O5S/c1-14-11-17(22-16(3)25)5-6-20(14)30(27,28)24-9-7-18(8-10-24)29-19-12-15(2)23(4)21(26)13-19/h5-6,11-13,18H,7-10H2,1-4H3,(H,22,25). The number of anilines is 1. The maximum absolute atomic E-state index is 13.1. The van der Waals surface area contributed by atoms with Crippen LogP contribution in [0.15, 0.2) is 40.0 Å². The number of sulfonamides is 1. The van der Waals surface area contributed by atoms with Gasteiger partial charge < -0.3 is 14.6 Å². The average molecular weight is 434 g/mol. The number of hydrogen-bond donors (Lipinski definition) is 1. The summed E-state index contributed by atoms with van der Waals surface area (Å²) in [6, 6.07) is 8.04. The number of aryl methyl sites for hydroxylation is 2. The Bertz CT molecular complexity index is 1120. The number of nitrogens with one attached hydrogen (secondary N) is 1. The first-order valence-corrected chi connectivity index (χ1v) is 11.2. The van der Waals surface area contributed by atoms with Crippen LogP contribution in [0.1, 0.15) is 31.0 Å². The molecule has 1 aromatic heterocycles. The minimum atomic E-state index is -3.64. The molecule has 0 radical (unpaired) electrons. The smallest absolute Gasteiger partial charge is 0.254 e. The third-order valence-corrected chi connectivity index (χ3v) is 7.35. The fourth-order valence-corrected chi connectivity index (χ4v) is 5.22. The first kappa shape index (κ1) is 22.0. The minimum Gasteiger partial charge on any atom is -0.490 e. The van der Waals surface area contributed by atoms with Crippen molar-refractivity contribution >= 4 is 21.6 Å². The van der Waals surface area contributed by atoms with E-state index in [9.17, 15) is 18.0 Å². The van der Waals surface area contributed by atoms with Gasteiger partial charge in [0.1, 0.15) is 11.9 Å². The van der Waals surface area contributed by atoms with Crippen LogP contribution in [0.2, 0.25) is 0 Å². The number of rotatable bonds is 5. The van der Waals surface area contributed by atoms with Gasteiger partial charge >= 0.3 is 0 Å². The second-order valence-corrected chi connectivity index (χ2v) is 9.52. The highest BCUT2D eigenvalue weighted by Crippen LogP contribution is 2.27. The number of piperidine rings is 1. The van der Waals surface area contributed by atoms with E-state index in [1.54, 1.807) is 30.7 Å². The Balaban J connectivity index is 1.68. The zero-order valence-electron chi connectivity index (χ0n) is 17.6. The molecule has 162 valence electrons. The van der Waals surface area contributed by atoms with Gasteiger partial charge in [0.25, 0.3) is 5.56 Å². The second-order valence-electron chi connectivity index (χ2n) is 7.61. The van der Waals surface area contributed by atoms with E-state index in [0.29, 0.717) is 42.9 Å². The van der Waals surface area contributed by atoms with E-state index in [4.69, 9.17) is 4.74 Å². The van der Waals surface area contributed by atoms with Gasteiger partial charge in [-0.2, -0.15) is 4.31 Å². The first-order chi connectivity index (χ1) is 14.1. The van der Waals surface area contributed by atoms with Crippen LogP contribution >= 0.6 is 0 Å². The monoisotopic (exact) mass is 433 g/mol. The average Bonchev–Trinajstić information content (AvgIpc) is 2.66. The van der Waals surface area contributed by atoms with E-state index in [1.807, 2.05) is 13.0 Å². The largest absolute Gasteiger partial charge is 0.490 e. The van der Waals surface area contributed by atoms with Gasteiger partial charge in [-0.25, -0.2) is 8.42 Å². The van der Waals surface area contributed by atoms with Crippen molar-refractivity contribution in [2.75, 3.05) is 18.4 Å². The minimum absolute atomic E-state index is 0.136. The predicted molar refractivity (Wildman–Crippen MR) is 114 cm³/mol. The molecule has 0 spiro atoms. The fourth-order valence-electron chi connectivity index (χ4n) is 3.55. The number of aromatic nitrogens is 1. The molecule has 1 aliphatic heterocycles. The van der Waals surface area contributed by atoms with Crippen LogP contribution in [0.5, 0.6) is 5.75 Å². The molecule has 1 N–H and O–H groups in total. The Kier molecular flexibility index (Phi) is 6.33. The number of amides is 1. The molecule has 2 heterocycles. The molecule has 1 aromatic carbocycles. The summed E-state index contributed by atoms with van der Waals surface area (Å²) in [6.45, 7) is 5.63. The van der Waals surface area contributed by atoms with Crippen LogP contribution in [-0.4, -0.2) is 42.4 Å². The third-order valence-electron chi connectivity index (χ3n) is 5.29. The summed E-state index contributed by atoms with van der Waals surface area (Å²) < 4.78 is 35.1. The number of nitrogens with zero attached hydrogens (tertiary/aromatic N) is 2. The number of ether oxygens (including phenoxy) is 1. The molecule has 0 bridgehead atoms. The van der Waals surface area contributed by atoms with Crippen molar-refractivity contribution in [2.24, 2.45) is 7.05 Å². The molecule has 1 saturated heterocycles. The molecule has 9 heteroatoms. The Morgan fingerprint density at radius 3 is 2.37 bits per heavy atom. The Hall–Kier alpha value is -2.65. The van der Waals surface area contributed by atoms with Crippen LogP contribution in [0.3, 0.4) is 0 Å². The van der Waals surface area contributed by atoms with Gasteiger partial charge in [-0.1, -0.05) is 0 Å². The van der Waals surface area contributed by atoms with Gasteiger partial charge in [-0.3, -0.25) is 9.59 Å². The summed E-state index contributed by atoms with van der Waals surface area (Å²) in [5, 5.41) is 2.66. The quantitative estimate of drug-likeness (QED) is 0.780. The number of hydrogen-bond acceptors (Lipinski definition) is 5. The Morgan fingerprint density at radius 2 is 1.80 bits per heavy atom. The highest BCUT2D eigenvalue weighted by Gasteiger charge is 2.31. The van der Waals surface area contributed by atoms with Crippen molar-refractivity contribution in [3.63, 3.8) is 0 Å². The Labute approximate surface area is 176 Å². The molecule has 0 aliphatic carbocycles. The van der Waals surface area contributed by atoms with Crippen molar-refractivity contribution in [1.29, 1.82) is 0 Å². The van der Waals surface area contributed by atoms with Crippen LogP contribution < -0.4 is 15.6 Å². The molecule has 1 fully saturated rings. The van der Waals surface area contributed by atoms with Crippen molar-refractivity contribution in [3.05, 3.63) is 51.9 Å². The van der Waals surface area contributed by atoms with E-state index in [0.717, 1.165) is 5.69 Å². The zero-order valence-corrected chi connectivity index (χ0v) is 18.5. The molecule has 1 aliphatic rings. The predicted octanol–water partition coefficient (Wildman–Crippen LogP) is 2.19. The number of benzene rings is 1. The molecule has 8 nitrogen and oxygen atoms in total. The highest BCUT2D eigenvalue weighted by molar-refractivity contribution is 7.89. The lowest BCUT2D eigenvalue weighted by molar-refractivity contribution is -0.114. The molecule has 0 atom stereocenters. The molecule has 30 heavy (non-hydrogen) atoms. The van der Waals surface area contributed by atoms with Crippen LogP contribution in [-0.2, 0) is 21.9 Å². The number of carbonyl (C=O) groups is 1. The van der Waals surface area contributed by atoms with Crippen LogP contribution in [0.4, 0.5) is 5.69 Å². The first-order valence-electron chi connectivity index (χ1n) is 9.80. The molecular formula is C21H27N3O5S. The van der Waals surface area contributed by atoms with Crippen molar-refractivity contribution < 1.29 is 17.9 Å². The second kappa shape index (κ2) is 8.61. The lowest BCUT2D eigenvalue weighted by Crippen LogP contribution is -2.42. The summed E-state index contributed by atoms with van der Waals surface area (Å²) >= 11 is 0. The van der Waals surface area contributed by atoms with E-state index in [2.05, 4.69) is 5.32 Å². The Morgan fingerprint density at radius 1 is 1.13 bits per heavy atom. The molecular weight excluding hydrogens is 406 g/mol. The van der Waals surface area contributed by atoms with Gasteiger partial charge in [0.15, 0.2) is 0 Å². The van der Waals surface area contributed by atoms with E-state index in [1.165, 1.54) is 23.4 Å². The summed E-state index contributed by atoms with van der Waals surface area (Å²) in [4.78, 5) is 23.4. The zero-order chi connectivity index (χ0) is 22.1. The normalized spacial score (nSPS) is 15.7. The maximum atomic E-state index is 13.1. The number of carbonyl (C=O) groups excluding carboxylic acids is 1. The summed E-state index contributed by atoms with van der Waals surface area (Å²) in [6.07, 6.45) is 0.929. The van der Waals surface area contributed by atoms with Gasteiger partial charge in [-0.05, 0) is 56.5 Å². The van der Waals surface area contributed by atoms with Crippen molar-refractivity contribution in [2.45, 2.75) is 44.6 Å². The fraction of sp³-hybridized carbons (Fsp3) is 0.429. The maximum Gasteiger partial charge on any atom is 0.254 e. The van der Waals surface area contributed by atoms with E-state index in [-0.39, 0.29) is 22.5 Å².